The lowest BCUT2D eigenvalue weighted by molar-refractivity contribution is -0.122. The molecule has 1 fully saturated rings. The molecule has 2 atom stereocenters. The minimum Gasteiger partial charge on any atom is -0.504 e. The highest BCUT2D eigenvalue weighted by molar-refractivity contribution is 7.91. The molecule has 0 saturated carbocycles. The predicted octanol–water partition coefficient (Wildman–Crippen LogP) is 0.755. The van der Waals surface area contributed by atoms with Crippen molar-refractivity contribution in [1.29, 1.82) is 0 Å². The zero-order valence-electron chi connectivity index (χ0n) is 15.7. The monoisotopic (exact) mass is 409 g/mol. The third-order valence-corrected chi connectivity index (χ3v) is 6.38. The van der Waals surface area contributed by atoms with Crippen LogP contribution in [-0.4, -0.2) is 67.4 Å². The van der Waals surface area contributed by atoms with Crippen molar-refractivity contribution in [3.05, 3.63) is 30.6 Å². The number of rotatable bonds is 7. The molecule has 1 aromatic heterocycles. The number of hydrogen-bond acceptors (Lipinski definition) is 7. The minimum atomic E-state index is -3.32. The van der Waals surface area contributed by atoms with E-state index in [4.69, 9.17) is 9.47 Å². The average Bonchev–Trinajstić information content (AvgIpc) is 3.23. The van der Waals surface area contributed by atoms with E-state index in [0.717, 1.165) is 0 Å². The normalized spacial score (nSPS) is 20.8. The van der Waals surface area contributed by atoms with Gasteiger partial charge in [0.05, 0.1) is 37.3 Å². The molecule has 2 aromatic rings. The number of nitrogens with zero attached hydrogens (tertiary/aromatic N) is 2. The van der Waals surface area contributed by atoms with Gasteiger partial charge < -0.3 is 24.5 Å². The van der Waals surface area contributed by atoms with Gasteiger partial charge in [0, 0.05) is 31.5 Å². The number of imidazole rings is 1. The lowest BCUT2D eigenvalue weighted by Gasteiger charge is -2.22. The summed E-state index contributed by atoms with van der Waals surface area (Å²) < 4.78 is 36.2. The van der Waals surface area contributed by atoms with Gasteiger partial charge in [0.25, 0.3) is 0 Å². The van der Waals surface area contributed by atoms with Crippen molar-refractivity contribution in [2.24, 2.45) is 0 Å². The molecule has 1 aromatic carbocycles. The Morgan fingerprint density at radius 3 is 2.82 bits per heavy atom. The molecule has 1 aliphatic heterocycles. The third kappa shape index (κ3) is 4.28. The first-order valence-corrected chi connectivity index (χ1v) is 10.6. The first kappa shape index (κ1) is 20.2. The standard InChI is InChI=1S/C18H23N3O6S/c1-26-8-5-17(23)20-13-10-28(24,25)11-14(13)21-7-6-19-18(21)12-3-4-16(27-2)15(22)9-12/h3-4,6-7,9,13-14,22H,5,8,10-11H2,1-2H3,(H,20,23)/t13-,14+/m0/s1. The molecule has 0 radical (unpaired) electrons. The second kappa shape index (κ2) is 8.19. The number of amides is 1. The van der Waals surface area contributed by atoms with Gasteiger partial charge in [-0.15, -0.1) is 0 Å². The molecule has 0 bridgehead atoms. The van der Waals surface area contributed by atoms with Crippen LogP contribution >= 0.6 is 0 Å². The van der Waals surface area contributed by atoms with Crippen LogP contribution in [-0.2, 0) is 19.4 Å². The maximum atomic E-state index is 12.3. The van der Waals surface area contributed by atoms with Gasteiger partial charge in [0.2, 0.25) is 5.91 Å². The Labute approximate surface area is 163 Å². The molecule has 3 rings (SSSR count). The highest BCUT2D eigenvalue weighted by atomic mass is 32.2. The smallest absolute Gasteiger partial charge is 0.222 e. The number of carbonyl (C=O) groups excluding carboxylic acids is 1. The van der Waals surface area contributed by atoms with E-state index in [9.17, 15) is 18.3 Å². The van der Waals surface area contributed by atoms with Gasteiger partial charge in [-0.3, -0.25) is 4.79 Å². The van der Waals surface area contributed by atoms with Gasteiger partial charge >= 0.3 is 0 Å². The van der Waals surface area contributed by atoms with Crippen LogP contribution in [0.4, 0.5) is 0 Å². The number of ether oxygens (including phenoxy) is 2. The minimum absolute atomic E-state index is 0.0435. The number of phenols is 1. The molecule has 0 aliphatic carbocycles. The van der Waals surface area contributed by atoms with Crippen molar-refractivity contribution >= 4 is 15.7 Å². The average molecular weight is 409 g/mol. The lowest BCUT2D eigenvalue weighted by Crippen LogP contribution is -2.41. The van der Waals surface area contributed by atoms with E-state index in [1.165, 1.54) is 20.3 Å². The van der Waals surface area contributed by atoms with E-state index in [-0.39, 0.29) is 36.2 Å². The van der Waals surface area contributed by atoms with Gasteiger partial charge in [-0.2, -0.15) is 0 Å². The van der Waals surface area contributed by atoms with Crippen molar-refractivity contribution in [1.82, 2.24) is 14.9 Å². The number of methoxy groups -OCH3 is 2. The number of nitrogens with one attached hydrogen (secondary N) is 1. The Morgan fingerprint density at radius 2 is 2.14 bits per heavy atom. The molecule has 2 heterocycles. The van der Waals surface area contributed by atoms with Crippen LogP contribution in [0.2, 0.25) is 0 Å². The Morgan fingerprint density at radius 1 is 1.36 bits per heavy atom. The Balaban J connectivity index is 1.90. The summed E-state index contributed by atoms with van der Waals surface area (Å²) in [6, 6.07) is 3.77. The number of benzene rings is 1. The van der Waals surface area contributed by atoms with Gasteiger partial charge in [0.1, 0.15) is 5.82 Å². The summed E-state index contributed by atoms with van der Waals surface area (Å²) in [6.07, 6.45) is 3.39. The van der Waals surface area contributed by atoms with Gasteiger partial charge in [-0.1, -0.05) is 0 Å². The second-order valence-corrected chi connectivity index (χ2v) is 8.76. The maximum absolute atomic E-state index is 12.3. The Kier molecular flexibility index (Phi) is 5.90. The first-order valence-electron chi connectivity index (χ1n) is 8.73. The summed E-state index contributed by atoms with van der Waals surface area (Å²) in [4.78, 5) is 16.4. The number of sulfone groups is 1. The van der Waals surface area contributed by atoms with E-state index in [1.807, 2.05) is 0 Å². The molecule has 0 spiro atoms. The van der Waals surface area contributed by atoms with Gasteiger partial charge in [0.15, 0.2) is 21.3 Å². The molecular formula is C18H23N3O6S. The number of aromatic hydroxyl groups is 1. The lowest BCUT2D eigenvalue weighted by atomic mass is 10.1. The van der Waals surface area contributed by atoms with Crippen molar-refractivity contribution in [3.8, 4) is 22.9 Å². The quantitative estimate of drug-likeness (QED) is 0.693. The number of aromatic nitrogens is 2. The predicted molar refractivity (Wildman–Crippen MR) is 102 cm³/mol. The third-order valence-electron chi connectivity index (χ3n) is 4.67. The van der Waals surface area contributed by atoms with Crippen molar-refractivity contribution in [2.45, 2.75) is 18.5 Å². The molecule has 10 heteroatoms. The maximum Gasteiger partial charge on any atom is 0.222 e. The van der Waals surface area contributed by atoms with E-state index in [1.54, 1.807) is 29.1 Å². The largest absolute Gasteiger partial charge is 0.504 e. The summed E-state index contributed by atoms with van der Waals surface area (Å²) in [5, 5.41) is 12.9. The zero-order valence-corrected chi connectivity index (χ0v) is 16.5. The summed E-state index contributed by atoms with van der Waals surface area (Å²) >= 11 is 0. The van der Waals surface area contributed by atoms with Crippen LogP contribution in [0.3, 0.4) is 0 Å². The van der Waals surface area contributed by atoms with E-state index in [2.05, 4.69) is 10.3 Å². The summed E-state index contributed by atoms with van der Waals surface area (Å²) in [7, 11) is -0.366. The summed E-state index contributed by atoms with van der Waals surface area (Å²) in [5.41, 5.74) is 0.608. The highest BCUT2D eigenvalue weighted by Gasteiger charge is 2.40. The molecule has 28 heavy (non-hydrogen) atoms. The van der Waals surface area contributed by atoms with Gasteiger partial charge in [-0.25, -0.2) is 13.4 Å². The second-order valence-electron chi connectivity index (χ2n) is 6.61. The van der Waals surface area contributed by atoms with Crippen LogP contribution in [0.15, 0.2) is 30.6 Å². The molecule has 1 amide bonds. The fourth-order valence-corrected chi connectivity index (χ4v) is 5.25. The van der Waals surface area contributed by atoms with Crippen LogP contribution in [0.25, 0.3) is 11.4 Å². The fraction of sp³-hybridized carbons (Fsp3) is 0.444. The van der Waals surface area contributed by atoms with Crippen molar-refractivity contribution < 1.29 is 27.8 Å². The molecule has 1 saturated heterocycles. The fourth-order valence-electron chi connectivity index (χ4n) is 3.35. The molecular weight excluding hydrogens is 386 g/mol. The Bertz CT molecular complexity index is 956. The molecule has 0 unspecified atom stereocenters. The van der Waals surface area contributed by atoms with Crippen molar-refractivity contribution in [3.63, 3.8) is 0 Å². The van der Waals surface area contributed by atoms with Crippen molar-refractivity contribution in [2.75, 3.05) is 32.3 Å². The molecule has 9 nitrogen and oxygen atoms in total. The highest BCUT2D eigenvalue weighted by Crippen LogP contribution is 2.33. The van der Waals surface area contributed by atoms with Gasteiger partial charge in [-0.05, 0) is 18.2 Å². The SMILES string of the molecule is COCCC(=O)N[C@H]1CS(=O)(=O)C[C@H]1n1ccnc1-c1ccc(OC)c(O)c1. The Hall–Kier alpha value is -2.59. The number of phenolic OH excluding ortho intramolecular Hbond substituents is 1. The van der Waals surface area contributed by atoms with Crippen LogP contribution in [0.5, 0.6) is 11.5 Å². The molecule has 2 N–H and O–H groups in total. The molecule has 1 aliphatic rings. The number of hydrogen-bond donors (Lipinski definition) is 2. The summed E-state index contributed by atoms with van der Waals surface area (Å²) in [5.74, 6) is 0.274. The topological polar surface area (TPSA) is 120 Å². The molecule has 152 valence electrons. The number of carbonyl (C=O) groups is 1. The van der Waals surface area contributed by atoms with E-state index >= 15 is 0 Å². The van der Waals surface area contributed by atoms with E-state index in [0.29, 0.717) is 17.1 Å². The van der Waals surface area contributed by atoms with Crippen LogP contribution < -0.4 is 10.1 Å². The first-order chi connectivity index (χ1) is 13.3. The zero-order chi connectivity index (χ0) is 20.3. The van der Waals surface area contributed by atoms with E-state index < -0.39 is 21.9 Å². The summed E-state index contributed by atoms with van der Waals surface area (Å²) in [6.45, 7) is 0.261. The van der Waals surface area contributed by atoms with Crippen LogP contribution in [0, 0.1) is 0 Å². The van der Waals surface area contributed by atoms with Crippen LogP contribution in [0.1, 0.15) is 12.5 Å².